The van der Waals surface area contributed by atoms with Gasteiger partial charge in [-0.15, -0.1) is 0 Å². The van der Waals surface area contributed by atoms with Crippen LogP contribution in [0, 0.1) is 11.7 Å². The van der Waals surface area contributed by atoms with E-state index in [0.29, 0.717) is 5.02 Å². The summed E-state index contributed by atoms with van der Waals surface area (Å²) in [4.78, 5) is 4.11. The molecule has 1 N–H and O–H groups in total. The summed E-state index contributed by atoms with van der Waals surface area (Å²) in [5.41, 5.74) is 0.831. The first kappa shape index (κ1) is 16.8. The lowest BCUT2D eigenvalue weighted by atomic mass is 9.96. The van der Waals surface area contributed by atoms with Crippen LogP contribution in [-0.2, 0) is 0 Å². The summed E-state index contributed by atoms with van der Waals surface area (Å²) < 4.78 is 19.9. The number of hydrogen-bond donors (Lipinski definition) is 1. The summed E-state index contributed by atoms with van der Waals surface area (Å²) in [5, 5.41) is 3.66. The quantitative estimate of drug-likeness (QED) is 0.771. The molecule has 0 unspecified atom stereocenters. The SMILES string of the molecule is Fc1c(Cl)ccc(O[C@@H](c2cncc(Cl)c2)[C@H]2CCNC2)c1Cl. The zero-order chi connectivity index (χ0) is 16.4. The van der Waals surface area contributed by atoms with E-state index in [4.69, 9.17) is 39.5 Å². The van der Waals surface area contributed by atoms with Gasteiger partial charge >= 0.3 is 0 Å². The van der Waals surface area contributed by atoms with Crippen LogP contribution in [0.2, 0.25) is 15.1 Å². The van der Waals surface area contributed by atoms with E-state index in [-0.39, 0.29) is 27.8 Å². The van der Waals surface area contributed by atoms with Crippen molar-refractivity contribution < 1.29 is 9.13 Å². The molecule has 2 heterocycles. The minimum Gasteiger partial charge on any atom is -0.484 e. The Kier molecular flexibility index (Phi) is 5.27. The molecule has 1 aliphatic heterocycles. The van der Waals surface area contributed by atoms with E-state index >= 15 is 0 Å². The first-order chi connectivity index (χ1) is 11.1. The molecule has 1 saturated heterocycles. The van der Waals surface area contributed by atoms with Crippen LogP contribution in [-0.4, -0.2) is 18.1 Å². The van der Waals surface area contributed by atoms with Gasteiger partial charge < -0.3 is 10.1 Å². The van der Waals surface area contributed by atoms with Crippen LogP contribution in [0.5, 0.6) is 5.75 Å². The van der Waals surface area contributed by atoms with Gasteiger partial charge in [-0.2, -0.15) is 0 Å². The smallest absolute Gasteiger partial charge is 0.164 e. The maximum atomic E-state index is 13.9. The van der Waals surface area contributed by atoms with E-state index in [1.165, 1.54) is 6.07 Å². The van der Waals surface area contributed by atoms with Crippen LogP contribution in [0.25, 0.3) is 0 Å². The highest BCUT2D eigenvalue weighted by atomic mass is 35.5. The van der Waals surface area contributed by atoms with Crippen molar-refractivity contribution in [1.82, 2.24) is 10.3 Å². The Morgan fingerprint density at radius 1 is 1.26 bits per heavy atom. The van der Waals surface area contributed by atoms with E-state index in [1.54, 1.807) is 24.5 Å². The van der Waals surface area contributed by atoms with Gasteiger partial charge in [0, 0.05) is 30.4 Å². The van der Waals surface area contributed by atoms with Crippen molar-refractivity contribution in [2.45, 2.75) is 12.5 Å². The van der Waals surface area contributed by atoms with Gasteiger partial charge in [0.15, 0.2) is 5.82 Å². The topological polar surface area (TPSA) is 34.1 Å². The van der Waals surface area contributed by atoms with Gasteiger partial charge in [-0.05, 0) is 31.2 Å². The standard InChI is InChI=1S/C16H14Cl3FN2O/c17-11-5-10(7-22-8-11)16(9-3-4-21-6-9)23-13-2-1-12(18)15(20)14(13)19/h1-2,5,7-9,16,21H,3-4,6H2/t9-,16+/m0/s1. The number of rotatable bonds is 4. The van der Waals surface area contributed by atoms with Gasteiger partial charge in [-0.1, -0.05) is 34.8 Å². The van der Waals surface area contributed by atoms with E-state index in [2.05, 4.69) is 10.3 Å². The summed E-state index contributed by atoms with van der Waals surface area (Å²) in [6.45, 7) is 1.70. The van der Waals surface area contributed by atoms with Gasteiger partial charge in [0.1, 0.15) is 16.9 Å². The molecule has 0 aliphatic carbocycles. The molecule has 0 amide bonds. The van der Waals surface area contributed by atoms with Crippen LogP contribution in [0.4, 0.5) is 4.39 Å². The van der Waals surface area contributed by atoms with Crippen molar-refractivity contribution in [2.24, 2.45) is 5.92 Å². The predicted molar refractivity (Wildman–Crippen MR) is 90.0 cm³/mol. The minimum atomic E-state index is -0.682. The number of nitrogens with zero attached hydrogens (tertiary/aromatic N) is 1. The number of nitrogens with one attached hydrogen (secondary N) is 1. The normalized spacial score (nSPS) is 18.9. The van der Waals surface area contributed by atoms with Crippen LogP contribution in [0.3, 0.4) is 0 Å². The molecule has 3 rings (SSSR count). The Hall–Kier alpha value is -1.07. The lowest BCUT2D eigenvalue weighted by Gasteiger charge is -2.25. The molecule has 0 spiro atoms. The third-order valence-electron chi connectivity index (χ3n) is 3.83. The summed E-state index contributed by atoms with van der Waals surface area (Å²) in [6.07, 6.45) is 3.87. The summed E-state index contributed by atoms with van der Waals surface area (Å²) in [6, 6.07) is 4.80. The molecule has 2 atom stereocenters. The zero-order valence-corrected chi connectivity index (χ0v) is 14.3. The van der Waals surface area contributed by atoms with Crippen molar-refractivity contribution in [1.29, 1.82) is 0 Å². The maximum Gasteiger partial charge on any atom is 0.164 e. The van der Waals surface area contributed by atoms with Crippen molar-refractivity contribution in [3.63, 3.8) is 0 Å². The van der Waals surface area contributed by atoms with Crippen molar-refractivity contribution in [2.75, 3.05) is 13.1 Å². The molecule has 0 radical (unpaired) electrons. The number of hydrogen-bond acceptors (Lipinski definition) is 3. The summed E-state index contributed by atoms with van der Waals surface area (Å²) in [7, 11) is 0. The van der Waals surface area contributed by atoms with Gasteiger partial charge in [-0.3, -0.25) is 4.98 Å². The van der Waals surface area contributed by atoms with Crippen molar-refractivity contribution >= 4 is 34.8 Å². The fourth-order valence-corrected chi connectivity index (χ4v) is 3.29. The molecule has 1 fully saturated rings. The third kappa shape index (κ3) is 3.72. The van der Waals surface area contributed by atoms with E-state index in [9.17, 15) is 4.39 Å². The number of benzene rings is 1. The van der Waals surface area contributed by atoms with Gasteiger partial charge in [0.25, 0.3) is 0 Å². The van der Waals surface area contributed by atoms with E-state index in [0.717, 1.165) is 25.1 Å². The summed E-state index contributed by atoms with van der Waals surface area (Å²) in [5.74, 6) is -0.214. The minimum absolute atomic E-state index is 0.0362. The lowest BCUT2D eigenvalue weighted by Crippen LogP contribution is -2.21. The maximum absolute atomic E-state index is 13.9. The number of halogens is 4. The highest BCUT2D eigenvalue weighted by Crippen LogP contribution is 2.38. The second kappa shape index (κ2) is 7.22. The predicted octanol–water partition coefficient (Wildman–Crippen LogP) is 4.91. The first-order valence-electron chi connectivity index (χ1n) is 7.17. The molecule has 0 saturated carbocycles. The number of ether oxygens (including phenoxy) is 1. The summed E-state index contributed by atoms with van der Waals surface area (Å²) >= 11 is 17.8. The molecular weight excluding hydrogens is 362 g/mol. The number of aromatic nitrogens is 1. The van der Waals surface area contributed by atoms with E-state index in [1.807, 2.05) is 0 Å². The molecule has 23 heavy (non-hydrogen) atoms. The lowest BCUT2D eigenvalue weighted by molar-refractivity contribution is 0.144. The largest absolute Gasteiger partial charge is 0.484 e. The molecule has 7 heteroatoms. The second-order valence-electron chi connectivity index (χ2n) is 5.40. The van der Waals surface area contributed by atoms with Crippen LogP contribution >= 0.6 is 34.8 Å². The Balaban J connectivity index is 1.94. The average Bonchev–Trinajstić information content (AvgIpc) is 3.06. The molecule has 3 nitrogen and oxygen atoms in total. The third-order valence-corrected chi connectivity index (χ3v) is 4.69. The monoisotopic (exact) mass is 374 g/mol. The molecule has 0 bridgehead atoms. The molecule has 122 valence electrons. The Bertz CT molecular complexity index is 708. The second-order valence-corrected chi connectivity index (χ2v) is 6.62. The fourth-order valence-electron chi connectivity index (χ4n) is 2.69. The highest BCUT2D eigenvalue weighted by molar-refractivity contribution is 6.35. The van der Waals surface area contributed by atoms with Gasteiger partial charge in [-0.25, -0.2) is 4.39 Å². The Morgan fingerprint density at radius 3 is 2.78 bits per heavy atom. The fraction of sp³-hybridized carbons (Fsp3) is 0.312. The van der Waals surface area contributed by atoms with Crippen molar-refractivity contribution in [3.05, 3.63) is 57.0 Å². The van der Waals surface area contributed by atoms with Crippen LogP contribution in [0.1, 0.15) is 18.1 Å². The first-order valence-corrected chi connectivity index (χ1v) is 8.31. The highest BCUT2D eigenvalue weighted by Gasteiger charge is 2.29. The molecular formula is C16H14Cl3FN2O. The van der Waals surface area contributed by atoms with Gasteiger partial charge in [0.2, 0.25) is 0 Å². The Labute approximate surface area is 148 Å². The van der Waals surface area contributed by atoms with Crippen LogP contribution < -0.4 is 10.1 Å². The molecule has 1 aromatic carbocycles. The van der Waals surface area contributed by atoms with Gasteiger partial charge in [0.05, 0.1) is 10.0 Å². The van der Waals surface area contributed by atoms with Crippen LogP contribution in [0.15, 0.2) is 30.6 Å². The zero-order valence-electron chi connectivity index (χ0n) is 12.0. The van der Waals surface area contributed by atoms with E-state index < -0.39 is 5.82 Å². The molecule has 1 aliphatic rings. The average molecular weight is 376 g/mol. The molecule has 2 aromatic rings. The van der Waals surface area contributed by atoms with Crippen molar-refractivity contribution in [3.8, 4) is 5.75 Å². The number of pyridine rings is 1. The molecule has 1 aromatic heterocycles. The Morgan fingerprint density at radius 2 is 2.09 bits per heavy atom.